The maximum atomic E-state index is 13.7. The third-order valence-electron chi connectivity index (χ3n) is 3.97. The average molecular weight is 260 g/mol. The maximum absolute atomic E-state index is 13.7. The van der Waals surface area contributed by atoms with Gasteiger partial charge in [0.05, 0.1) is 5.52 Å². The van der Waals surface area contributed by atoms with Crippen molar-refractivity contribution >= 4 is 10.9 Å². The van der Waals surface area contributed by atoms with Crippen LogP contribution in [0.1, 0.15) is 25.3 Å². The van der Waals surface area contributed by atoms with Gasteiger partial charge in [0, 0.05) is 23.7 Å². The molecule has 0 saturated carbocycles. The molecule has 0 amide bonds. The summed E-state index contributed by atoms with van der Waals surface area (Å²) in [5.74, 6) is -0.362. The van der Waals surface area contributed by atoms with Crippen molar-refractivity contribution in [2.24, 2.45) is 0 Å². The molecular weight excluding hydrogens is 243 g/mol. The predicted octanol–water partition coefficient (Wildman–Crippen LogP) is 2.33. The molecule has 1 unspecified atom stereocenters. The number of nitrogens with zero attached hydrogens (tertiary/aromatic N) is 1. The molecule has 1 aromatic heterocycles. The van der Waals surface area contributed by atoms with Gasteiger partial charge in [-0.2, -0.15) is 0 Å². The lowest BCUT2D eigenvalue weighted by molar-refractivity contribution is 0.0230. The monoisotopic (exact) mass is 260 g/mol. The van der Waals surface area contributed by atoms with Crippen LogP contribution in [0.3, 0.4) is 0 Å². The molecule has 2 aromatic rings. The summed E-state index contributed by atoms with van der Waals surface area (Å²) in [6.45, 7) is 2.64. The van der Waals surface area contributed by atoms with Crippen molar-refractivity contribution in [2.45, 2.75) is 31.4 Å². The summed E-state index contributed by atoms with van der Waals surface area (Å²) in [4.78, 5) is 4.17. The molecule has 1 aromatic carbocycles. The molecule has 100 valence electrons. The SMILES string of the molecule is CC(O)(c1cc(F)cc2ncccc12)[C@H]1CCCN1. The standard InChI is InChI=1S/C15H17FN2O/c1-15(19,14-5-3-7-18-14)12-8-10(16)9-13-11(12)4-2-6-17-13/h2,4,6,8-9,14,18-19H,3,5,7H2,1H3/t14-,15?/m1/s1. The molecule has 1 aliphatic rings. The first kappa shape index (κ1) is 12.5. The molecule has 2 atom stereocenters. The van der Waals surface area contributed by atoms with Gasteiger partial charge in [0.15, 0.2) is 0 Å². The van der Waals surface area contributed by atoms with Crippen molar-refractivity contribution in [1.29, 1.82) is 0 Å². The Hall–Kier alpha value is -1.52. The molecule has 1 saturated heterocycles. The van der Waals surface area contributed by atoms with Gasteiger partial charge in [0.25, 0.3) is 0 Å². The van der Waals surface area contributed by atoms with Crippen molar-refractivity contribution < 1.29 is 9.50 Å². The van der Waals surface area contributed by atoms with Crippen LogP contribution in [-0.2, 0) is 5.60 Å². The van der Waals surface area contributed by atoms with E-state index >= 15 is 0 Å². The second-order valence-electron chi connectivity index (χ2n) is 5.32. The van der Waals surface area contributed by atoms with Crippen LogP contribution in [-0.4, -0.2) is 22.7 Å². The highest BCUT2D eigenvalue weighted by molar-refractivity contribution is 5.83. The number of hydrogen-bond acceptors (Lipinski definition) is 3. The Morgan fingerprint density at radius 1 is 1.47 bits per heavy atom. The van der Waals surface area contributed by atoms with Crippen LogP contribution in [0.4, 0.5) is 4.39 Å². The number of halogens is 1. The molecule has 0 spiro atoms. The van der Waals surface area contributed by atoms with Gasteiger partial charge in [-0.1, -0.05) is 6.07 Å². The van der Waals surface area contributed by atoms with Crippen molar-refractivity contribution in [1.82, 2.24) is 10.3 Å². The van der Waals surface area contributed by atoms with E-state index in [0.717, 1.165) is 24.8 Å². The number of hydrogen-bond donors (Lipinski definition) is 2. The number of aromatic nitrogens is 1. The van der Waals surface area contributed by atoms with Gasteiger partial charge in [-0.3, -0.25) is 4.98 Å². The number of rotatable bonds is 2. The van der Waals surface area contributed by atoms with E-state index in [1.807, 2.05) is 12.1 Å². The second kappa shape index (κ2) is 4.54. The Kier molecular flexibility index (Phi) is 2.99. The fourth-order valence-corrected chi connectivity index (χ4v) is 2.92. The highest BCUT2D eigenvalue weighted by atomic mass is 19.1. The van der Waals surface area contributed by atoms with Crippen LogP contribution < -0.4 is 5.32 Å². The summed E-state index contributed by atoms with van der Waals surface area (Å²) in [7, 11) is 0. The number of nitrogens with one attached hydrogen (secondary N) is 1. The van der Waals surface area contributed by atoms with E-state index in [4.69, 9.17) is 0 Å². The minimum absolute atomic E-state index is 0.0438. The van der Waals surface area contributed by atoms with E-state index in [0.29, 0.717) is 11.1 Å². The Morgan fingerprint density at radius 3 is 3.05 bits per heavy atom. The van der Waals surface area contributed by atoms with Gasteiger partial charge >= 0.3 is 0 Å². The predicted molar refractivity (Wildman–Crippen MR) is 72.3 cm³/mol. The molecule has 2 heterocycles. The largest absolute Gasteiger partial charge is 0.384 e. The Morgan fingerprint density at radius 2 is 2.32 bits per heavy atom. The number of benzene rings is 1. The smallest absolute Gasteiger partial charge is 0.125 e. The topological polar surface area (TPSA) is 45.2 Å². The van der Waals surface area contributed by atoms with Gasteiger partial charge in [-0.15, -0.1) is 0 Å². The van der Waals surface area contributed by atoms with Crippen molar-refractivity contribution in [3.63, 3.8) is 0 Å². The van der Waals surface area contributed by atoms with Gasteiger partial charge in [-0.05, 0) is 44.0 Å². The lowest BCUT2D eigenvalue weighted by Gasteiger charge is -2.31. The second-order valence-corrected chi connectivity index (χ2v) is 5.32. The van der Waals surface area contributed by atoms with E-state index in [1.54, 1.807) is 13.1 Å². The zero-order chi connectivity index (χ0) is 13.5. The van der Waals surface area contributed by atoms with Crippen molar-refractivity contribution in [3.8, 4) is 0 Å². The first-order valence-electron chi connectivity index (χ1n) is 6.59. The molecule has 0 radical (unpaired) electrons. The summed E-state index contributed by atoms with van der Waals surface area (Å²) in [6.07, 6.45) is 3.56. The van der Waals surface area contributed by atoms with Gasteiger partial charge in [0.2, 0.25) is 0 Å². The molecular formula is C15H17FN2O. The zero-order valence-corrected chi connectivity index (χ0v) is 10.9. The lowest BCUT2D eigenvalue weighted by atomic mass is 9.85. The van der Waals surface area contributed by atoms with E-state index in [9.17, 15) is 9.50 Å². The normalized spacial score (nSPS) is 22.6. The quantitative estimate of drug-likeness (QED) is 0.871. The van der Waals surface area contributed by atoms with Gasteiger partial charge in [0.1, 0.15) is 11.4 Å². The van der Waals surface area contributed by atoms with E-state index in [-0.39, 0.29) is 11.9 Å². The first-order chi connectivity index (χ1) is 9.09. The molecule has 0 bridgehead atoms. The fraction of sp³-hybridized carbons (Fsp3) is 0.400. The highest BCUT2D eigenvalue weighted by Gasteiger charge is 2.37. The van der Waals surface area contributed by atoms with E-state index in [2.05, 4.69) is 10.3 Å². The first-order valence-corrected chi connectivity index (χ1v) is 6.59. The van der Waals surface area contributed by atoms with Crippen LogP contribution in [0.5, 0.6) is 0 Å². The van der Waals surface area contributed by atoms with E-state index in [1.165, 1.54) is 12.1 Å². The van der Waals surface area contributed by atoms with Gasteiger partial charge < -0.3 is 10.4 Å². The average Bonchev–Trinajstić information content (AvgIpc) is 2.92. The Balaban J connectivity index is 2.18. The molecule has 3 rings (SSSR count). The van der Waals surface area contributed by atoms with Crippen LogP contribution in [0.15, 0.2) is 30.5 Å². The van der Waals surface area contributed by atoms with Crippen LogP contribution in [0.25, 0.3) is 10.9 Å². The van der Waals surface area contributed by atoms with Gasteiger partial charge in [-0.25, -0.2) is 4.39 Å². The summed E-state index contributed by atoms with van der Waals surface area (Å²) < 4.78 is 13.7. The minimum atomic E-state index is -1.10. The number of aliphatic hydroxyl groups is 1. The third-order valence-corrected chi connectivity index (χ3v) is 3.97. The molecule has 4 heteroatoms. The van der Waals surface area contributed by atoms with Crippen molar-refractivity contribution in [3.05, 3.63) is 41.8 Å². The molecule has 3 nitrogen and oxygen atoms in total. The summed E-state index contributed by atoms with van der Waals surface area (Å²) in [5.41, 5.74) is 0.0886. The maximum Gasteiger partial charge on any atom is 0.125 e. The van der Waals surface area contributed by atoms with Crippen molar-refractivity contribution in [2.75, 3.05) is 6.54 Å². The lowest BCUT2D eigenvalue weighted by Crippen LogP contribution is -2.43. The Labute approximate surface area is 111 Å². The molecule has 0 aliphatic carbocycles. The molecule has 2 N–H and O–H groups in total. The fourth-order valence-electron chi connectivity index (χ4n) is 2.92. The van der Waals surface area contributed by atoms with E-state index < -0.39 is 5.60 Å². The van der Waals surface area contributed by atoms with Crippen LogP contribution in [0, 0.1) is 5.82 Å². The molecule has 19 heavy (non-hydrogen) atoms. The van der Waals surface area contributed by atoms with Crippen LogP contribution >= 0.6 is 0 Å². The minimum Gasteiger partial charge on any atom is -0.384 e. The number of pyridine rings is 1. The summed E-state index contributed by atoms with van der Waals surface area (Å²) >= 11 is 0. The van der Waals surface area contributed by atoms with Crippen LogP contribution in [0.2, 0.25) is 0 Å². The zero-order valence-electron chi connectivity index (χ0n) is 10.9. The highest BCUT2D eigenvalue weighted by Crippen LogP contribution is 2.34. The molecule has 1 fully saturated rings. The third kappa shape index (κ3) is 2.11. The summed E-state index contributed by atoms with van der Waals surface area (Å²) in [6, 6.07) is 6.46. The summed E-state index contributed by atoms with van der Waals surface area (Å²) in [5, 5.41) is 14.9. The number of fused-ring (bicyclic) bond motifs is 1. The Bertz CT molecular complexity index is 606. The molecule has 1 aliphatic heterocycles.